The van der Waals surface area contributed by atoms with Crippen molar-refractivity contribution in [2.75, 3.05) is 5.48 Å². The molecule has 0 fully saturated rings. The molecule has 5 heteroatoms. The third kappa shape index (κ3) is 3.69. The Morgan fingerprint density at radius 1 is 1.29 bits per heavy atom. The number of hydrogen-bond donors (Lipinski definition) is 1. The number of halogens is 2. The van der Waals surface area contributed by atoms with Crippen molar-refractivity contribution in [3.05, 3.63) is 29.0 Å². The average Bonchev–Trinajstić information content (AvgIpc) is 2.18. The van der Waals surface area contributed by atoms with Crippen molar-refractivity contribution >= 4 is 25.6 Å². The van der Waals surface area contributed by atoms with E-state index in [4.69, 9.17) is 16.1 Å². The van der Waals surface area contributed by atoms with E-state index in [9.17, 15) is 4.39 Å². The fourth-order valence-corrected chi connectivity index (χ4v) is 1.75. The Morgan fingerprint density at radius 3 is 2.41 bits per heavy atom. The second kappa shape index (κ2) is 4.96. The van der Waals surface area contributed by atoms with Crippen LogP contribution in [0.25, 0.3) is 0 Å². The van der Waals surface area contributed by atoms with Crippen LogP contribution in [0.1, 0.15) is 20.8 Å². The lowest BCUT2D eigenvalue weighted by molar-refractivity contribution is 0.362. The summed E-state index contributed by atoms with van der Waals surface area (Å²) in [6.07, 6.45) is 0. The molecule has 0 aliphatic heterocycles. The van der Waals surface area contributed by atoms with Crippen LogP contribution in [-0.2, 0) is 4.53 Å². The van der Waals surface area contributed by atoms with E-state index in [1.54, 1.807) is 0 Å². The van der Waals surface area contributed by atoms with Gasteiger partial charge in [-0.2, -0.15) is 0 Å². The van der Waals surface area contributed by atoms with Gasteiger partial charge in [0, 0.05) is 5.02 Å². The molecule has 1 rings (SSSR count). The number of rotatable bonds is 3. The first-order valence-corrected chi connectivity index (χ1v) is 8.81. The molecule has 0 spiro atoms. The highest BCUT2D eigenvalue weighted by atomic mass is 35.5. The van der Waals surface area contributed by atoms with E-state index in [1.165, 1.54) is 18.2 Å². The maximum Gasteiger partial charge on any atom is 0.228 e. The van der Waals surface area contributed by atoms with Crippen LogP contribution in [0.5, 0.6) is 0 Å². The summed E-state index contributed by atoms with van der Waals surface area (Å²) in [5.74, 6) is -0.367. The topological polar surface area (TPSA) is 21.3 Å². The molecule has 0 saturated carbocycles. The quantitative estimate of drug-likeness (QED) is 0.630. The average molecular weight is 276 g/mol. The zero-order valence-corrected chi connectivity index (χ0v) is 12.7. The molecule has 96 valence electrons. The van der Waals surface area contributed by atoms with Gasteiger partial charge in [0.15, 0.2) is 0 Å². The summed E-state index contributed by atoms with van der Waals surface area (Å²) in [5.41, 5.74) is 2.98. The second-order valence-corrected chi connectivity index (χ2v) is 10.7. The number of nitrogens with one attached hydrogen (secondary N) is 1. The summed E-state index contributed by atoms with van der Waals surface area (Å²) in [6, 6.07) is 4.35. The lowest BCUT2D eigenvalue weighted by Crippen LogP contribution is -2.42. The van der Waals surface area contributed by atoms with Crippen LogP contribution in [0.2, 0.25) is 23.2 Å². The van der Waals surface area contributed by atoms with E-state index in [2.05, 4.69) is 39.3 Å². The van der Waals surface area contributed by atoms with Crippen LogP contribution < -0.4 is 5.48 Å². The summed E-state index contributed by atoms with van der Waals surface area (Å²) in [5, 5.41) is 0.544. The van der Waals surface area contributed by atoms with Gasteiger partial charge in [-0.15, -0.1) is 0 Å². The van der Waals surface area contributed by atoms with E-state index in [1.807, 2.05) is 0 Å². The van der Waals surface area contributed by atoms with Gasteiger partial charge in [0.05, 0.1) is 5.69 Å². The Kier molecular flexibility index (Phi) is 4.22. The minimum absolute atomic E-state index is 0.0645. The Hall–Kier alpha value is -0.583. The van der Waals surface area contributed by atoms with Crippen LogP contribution in [-0.4, -0.2) is 8.32 Å². The highest BCUT2D eigenvalue weighted by molar-refractivity contribution is 6.74. The van der Waals surface area contributed by atoms with Gasteiger partial charge in [-0.3, -0.25) is 5.48 Å². The molecule has 0 saturated heterocycles. The molecule has 0 heterocycles. The minimum Gasteiger partial charge on any atom is -0.322 e. The van der Waals surface area contributed by atoms with E-state index in [-0.39, 0.29) is 16.5 Å². The first-order chi connectivity index (χ1) is 7.63. The van der Waals surface area contributed by atoms with Crippen molar-refractivity contribution in [2.24, 2.45) is 0 Å². The van der Waals surface area contributed by atoms with Crippen molar-refractivity contribution in [3.8, 4) is 0 Å². The van der Waals surface area contributed by atoms with E-state index >= 15 is 0 Å². The van der Waals surface area contributed by atoms with E-state index < -0.39 is 8.32 Å². The van der Waals surface area contributed by atoms with Crippen LogP contribution in [0.15, 0.2) is 18.2 Å². The normalized spacial score (nSPS) is 12.6. The monoisotopic (exact) mass is 275 g/mol. The molecule has 2 nitrogen and oxygen atoms in total. The van der Waals surface area contributed by atoms with Crippen LogP contribution in [0.3, 0.4) is 0 Å². The van der Waals surface area contributed by atoms with Gasteiger partial charge in [0.2, 0.25) is 8.32 Å². The zero-order chi connectivity index (χ0) is 13.3. The van der Waals surface area contributed by atoms with Crippen molar-refractivity contribution in [1.82, 2.24) is 0 Å². The smallest absolute Gasteiger partial charge is 0.228 e. The fraction of sp³-hybridized carbons (Fsp3) is 0.500. The molecule has 0 aliphatic carbocycles. The first kappa shape index (κ1) is 14.5. The van der Waals surface area contributed by atoms with Crippen LogP contribution in [0, 0.1) is 5.82 Å². The first-order valence-electron chi connectivity index (χ1n) is 5.52. The molecule has 0 aliphatic rings. The van der Waals surface area contributed by atoms with E-state index in [0.29, 0.717) is 5.02 Å². The third-order valence-electron chi connectivity index (χ3n) is 3.15. The van der Waals surface area contributed by atoms with Crippen molar-refractivity contribution < 1.29 is 8.92 Å². The molecule has 17 heavy (non-hydrogen) atoms. The summed E-state index contributed by atoms with van der Waals surface area (Å²) in [4.78, 5) is 0. The highest BCUT2D eigenvalue weighted by Crippen LogP contribution is 2.36. The Balaban J connectivity index is 2.77. The predicted octanol–water partition coefficient (Wildman–Crippen LogP) is 4.83. The molecule has 0 unspecified atom stereocenters. The van der Waals surface area contributed by atoms with Crippen LogP contribution >= 0.6 is 11.6 Å². The highest BCUT2D eigenvalue weighted by Gasteiger charge is 2.38. The van der Waals surface area contributed by atoms with Crippen molar-refractivity contribution in [1.29, 1.82) is 0 Å². The molecule has 0 amide bonds. The molecule has 1 aromatic rings. The summed E-state index contributed by atoms with van der Waals surface area (Å²) < 4.78 is 19.2. The van der Waals surface area contributed by atoms with Gasteiger partial charge in [-0.05, 0) is 36.3 Å². The number of hydrogen-bond acceptors (Lipinski definition) is 2. The zero-order valence-electron chi connectivity index (χ0n) is 10.9. The van der Waals surface area contributed by atoms with Gasteiger partial charge in [-0.25, -0.2) is 4.39 Å². The fourth-order valence-electron chi connectivity index (χ4n) is 0.911. The maximum absolute atomic E-state index is 13.5. The molecule has 1 aromatic carbocycles. The Labute approximate surface area is 108 Å². The minimum atomic E-state index is -1.95. The Morgan fingerprint density at radius 2 is 1.88 bits per heavy atom. The maximum atomic E-state index is 13.5. The van der Waals surface area contributed by atoms with Gasteiger partial charge >= 0.3 is 0 Å². The molecule has 0 atom stereocenters. The largest absolute Gasteiger partial charge is 0.322 e. The predicted molar refractivity (Wildman–Crippen MR) is 73.3 cm³/mol. The number of benzene rings is 1. The SMILES string of the molecule is CC(C)(C)[Si](C)(C)ONc1cc(Cl)ccc1F. The molecule has 0 bridgehead atoms. The second-order valence-electron chi connectivity index (χ2n) is 5.59. The van der Waals surface area contributed by atoms with E-state index in [0.717, 1.165) is 0 Å². The molecule has 1 N–H and O–H groups in total. The van der Waals surface area contributed by atoms with Crippen LogP contribution in [0.4, 0.5) is 10.1 Å². The lowest BCUT2D eigenvalue weighted by atomic mass is 10.2. The van der Waals surface area contributed by atoms with Gasteiger partial charge in [-0.1, -0.05) is 32.4 Å². The molecule has 0 radical (unpaired) electrons. The molecule has 0 aromatic heterocycles. The summed E-state index contributed by atoms with van der Waals surface area (Å²) in [7, 11) is -1.95. The molecular formula is C12H19ClFNOSi. The van der Waals surface area contributed by atoms with Crippen molar-refractivity contribution in [3.63, 3.8) is 0 Å². The summed E-state index contributed by atoms with van der Waals surface area (Å²) >= 11 is 5.81. The lowest BCUT2D eigenvalue weighted by Gasteiger charge is -2.35. The number of anilines is 1. The van der Waals surface area contributed by atoms with Gasteiger partial charge < -0.3 is 4.53 Å². The third-order valence-corrected chi connectivity index (χ3v) is 7.61. The standard InChI is InChI=1S/C12H19ClFNOSi/c1-12(2,3)17(4,5)16-15-11-8-9(13)6-7-10(11)14/h6-8,15H,1-5H3. The van der Waals surface area contributed by atoms with Crippen molar-refractivity contribution in [2.45, 2.75) is 38.9 Å². The Bertz CT molecular complexity index is 404. The molecular weight excluding hydrogens is 257 g/mol. The van der Waals surface area contributed by atoms with Gasteiger partial charge in [0.25, 0.3) is 0 Å². The van der Waals surface area contributed by atoms with Gasteiger partial charge in [0.1, 0.15) is 5.82 Å². The summed E-state index contributed by atoms with van der Waals surface area (Å²) in [6.45, 7) is 10.5.